The number of thiophene rings is 1. The Labute approximate surface area is 81.3 Å². The minimum Gasteiger partial charge on any atom is -0.495 e. The van der Waals surface area contributed by atoms with Crippen molar-refractivity contribution < 1.29 is 14.3 Å². The summed E-state index contributed by atoms with van der Waals surface area (Å²) in [5.74, 6) is 0.312. The van der Waals surface area contributed by atoms with E-state index in [0.717, 1.165) is 11.3 Å². The van der Waals surface area contributed by atoms with Crippen LogP contribution in [0.3, 0.4) is 0 Å². The maximum Gasteiger partial charge on any atom is 0.342 e. The summed E-state index contributed by atoms with van der Waals surface area (Å²) >= 11 is 1.52. The smallest absolute Gasteiger partial charge is 0.342 e. The average Bonchev–Trinajstić information content (AvgIpc) is 2.58. The van der Waals surface area contributed by atoms with Crippen LogP contribution >= 0.6 is 11.3 Å². The van der Waals surface area contributed by atoms with Gasteiger partial charge in [0.2, 0.25) is 0 Å². The van der Waals surface area contributed by atoms with Gasteiger partial charge in [0.15, 0.2) is 0 Å². The van der Waals surface area contributed by atoms with Gasteiger partial charge in [0.25, 0.3) is 0 Å². The van der Waals surface area contributed by atoms with Crippen molar-refractivity contribution in [3.05, 3.63) is 15.8 Å². The first kappa shape index (κ1) is 10.1. The third-order valence-electron chi connectivity index (χ3n) is 1.75. The van der Waals surface area contributed by atoms with Gasteiger partial charge in [0.05, 0.1) is 14.2 Å². The van der Waals surface area contributed by atoms with Crippen LogP contribution in [0.15, 0.2) is 5.38 Å². The highest BCUT2D eigenvalue weighted by Gasteiger charge is 2.17. The first-order chi connectivity index (χ1) is 6.24. The van der Waals surface area contributed by atoms with E-state index in [9.17, 15) is 4.79 Å². The van der Waals surface area contributed by atoms with Crippen LogP contribution in [0, 0.1) is 0 Å². The van der Waals surface area contributed by atoms with Crippen LogP contribution in [-0.4, -0.2) is 20.2 Å². The van der Waals surface area contributed by atoms with Gasteiger partial charge in [0, 0.05) is 10.3 Å². The van der Waals surface area contributed by atoms with Gasteiger partial charge in [-0.3, -0.25) is 0 Å². The van der Waals surface area contributed by atoms with Crippen LogP contribution in [0.2, 0.25) is 0 Å². The summed E-state index contributed by atoms with van der Waals surface area (Å²) in [5, 5.41) is 1.77. The number of carbonyl (C=O) groups is 1. The van der Waals surface area contributed by atoms with Gasteiger partial charge in [-0.15, -0.1) is 11.3 Å². The fourth-order valence-electron chi connectivity index (χ4n) is 1.11. The van der Waals surface area contributed by atoms with Crippen LogP contribution in [0.25, 0.3) is 0 Å². The molecule has 0 atom stereocenters. The van der Waals surface area contributed by atoms with E-state index in [1.54, 1.807) is 12.5 Å². The number of rotatable bonds is 3. The molecular weight excluding hydrogens is 188 g/mol. The van der Waals surface area contributed by atoms with Crippen LogP contribution in [0.1, 0.15) is 22.2 Å². The Bertz CT molecular complexity index is 304. The second-order valence-corrected chi connectivity index (χ2v) is 3.42. The van der Waals surface area contributed by atoms with Crippen molar-refractivity contribution in [1.29, 1.82) is 0 Å². The van der Waals surface area contributed by atoms with Gasteiger partial charge in [0.1, 0.15) is 11.3 Å². The SMILES string of the molecule is CCc1scc(C(=O)OC)c1OC. The van der Waals surface area contributed by atoms with E-state index in [1.807, 2.05) is 6.92 Å². The summed E-state index contributed by atoms with van der Waals surface area (Å²) in [4.78, 5) is 12.3. The lowest BCUT2D eigenvalue weighted by atomic mass is 10.2. The van der Waals surface area contributed by atoms with Crippen LogP contribution < -0.4 is 4.74 Å². The molecule has 3 nitrogen and oxygen atoms in total. The molecule has 0 aliphatic carbocycles. The summed E-state index contributed by atoms with van der Waals surface area (Å²) < 4.78 is 9.76. The average molecular weight is 200 g/mol. The highest BCUT2D eigenvalue weighted by Crippen LogP contribution is 2.31. The minimum absolute atomic E-state index is 0.340. The van der Waals surface area contributed by atoms with Crippen molar-refractivity contribution in [1.82, 2.24) is 0 Å². The molecule has 0 aromatic carbocycles. The number of carbonyl (C=O) groups excluding carboxylic acids is 1. The van der Waals surface area contributed by atoms with Gasteiger partial charge in [-0.05, 0) is 6.42 Å². The van der Waals surface area contributed by atoms with Crippen molar-refractivity contribution in [3.8, 4) is 5.75 Å². The molecule has 0 aliphatic heterocycles. The number of hydrogen-bond acceptors (Lipinski definition) is 4. The second kappa shape index (κ2) is 4.28. The van der Waals surface area contributed by atoms with Crippen molar-refractivity contribution in [3.63, 3.8) is 0 Å². The van der Waals surface area contributed by atoms with E-state index < -0.39 is 0 Å². The highest BCUT2D eigenvalue weighted by molar-refractivity contribution is 7.10. The van der Waals surface area contributed by atoms with Gasteiger partial charge < -0.3 is 9.47 Å². The molecule has 0 saturated heterocycles. The number of esters is 1. The topological polar surface area (TPSA) is 35.5 Å². The summed E-state index contributed by atoms with van der Waals surface area (Å²) in [6, 6.07) is 0. The monoisotopic (exact) mass is 200 g/mol. The molecule has 1 rings (SSSR count). The lowest BCUT2D eigenvalue weighted by molar-refractivity contribution is 0.0597. The Balaban J connectivity index is 3.07. The lowest BCUT2D eigenvalue weighted by Crippen LogP contribution is -2.02. The molecule has 1 heterocycles. The summed E-state index contributed by atoms with van der Waals surface area (Å²) in [6.07, 6.45) is 0.866. The molecule has 0 spiro atoms. The first-order valence-electron chi connectivity index (χ1n) is 3.97. The molecule has 72 valence electrons. The summed E-state index contributed by atoms with van der Waals surface area (Å²) in [7, 11) is 2.93. The molecule has 4 heteroatoms. The van der Waals surface area contributed by atoms with Gasteiger partial charge in [-0.2, -0.15) is 0 Å². The fraction of sp³-hybridized carbons (Fsp3) is 0.444. The molecule has 0 unspecified atom stereocenters. The van der Waals surface area contributed by atoms with E-state index in [2.05, 4.69) is 4.74 Å². The second-order valence-electron chi connectivity index (χ2n) is 2.45. The largest absolute Gasteiger partial charge is 0.495 e. The molecule has 1 aromatic rings. The molecular formula is C9H12O3S. The minimum atomic E-state index is -0.340. The van der Waals surface area contributed by atoms with E-state index in [0.29, 0.717) is 11.3 Å². The zero-order chi connectivity index (χ0) is 9.84. The Morgan fingerprint density at radius 2 is 2.23 bits per heavy atom. The van der Waals surface area contributed by atoms with Gasteiger partial charge >= 0.3 is 5.97 Å². The number of methoxy groups -OCH3 is 2. The van der Waals surface area contributed by atoms with Crippen molar-refractivity contribution in [2.75, 3.05) is 14.2 Å². The highest BCUT2D eigenvalue weighted by atomic mass is 32.1. The maximum absolute atomic E-state index is 11.2. The van der Waals surface area contributed by atoms with Gasteiger partial charge in [-0.1, -0.05) is 6.92 Å². The third-order valence-corrected chi connectivity index (χ3v) is 2.86. The maximum atomic E-state index is 11.2. The summed E-state index contributed by atoms with van der Waals surface area (Å²) in [6.45, 7) is 2.02. The predicted molar refractivity (Wildman–Crippen MR) is 51.6 cm³/mol. The molecule has 1 aromatic heterocycles. The van der Waals surface area contributed by atoms with Crippen molar-refractivity contribution in [2.24, 2.45) is 0 Å². The van der Waals surface area contributed by atoms with Crippen LogP contribution in [-0.2, 0) is 11.2 Å². The molecule has 0 bridgehead atoms. The zero-order valence-electron chi connectivity index (χ0n) is 7.92. The zero-order valence-corrected chi connectivity index (χ0v) is 8.73. The van der Waals surface area contributed by atoms with E-state index >= 15 is 0 Å². The Morgan fingerprint density at radius 1 is 1.54 bits per heavy atom. The molecule has 0 amide bonds. The number of ether oxygens (including phenoxy) is 2. The Morgan fingerprint density at radius 3 is 2.69 bits per heavy atom. The normalized spacial score (nSPS) is 9.77. The number of hydrogen-bond donors (Lipinski definition) is 0. The van der Waals surface area contributed by atoms with Crippen LogP contribution in [0.5, 0.6) is 5.75 Å². The Hall–Kier alpha value is -1.03. The Kier molecular flexibility index (Phi) is 3.31. The molecule has 0 saturated carbocycles. The lowest BCUT2D eigenvalue weighted by Gasteiger charge is -2.02. The molecule has 0 N–H and O–H groups in total. The molecule has 0 aliphatic rings. The molecule has 0 fully saturated rings. The van der Waals surface area contributed by atoms with Crippen molar-refractivity contribution >= 4 is 17.3 Å². The first-order valence-corrected chi connectivity index (χ1v) is 4.85. The van der Waals surface area contributed by atoms with Gasteiger partial charge in [-0.25, -0.2) is 4.79 Å². The quantitative estimate of drug-likeness (QED) is 0.701. The number of aryl methyl sites for hydroxylation is 1. The van der Waals surface area contributed by atoms with Crippen LogP contribution in [0.4, 0.5) is 0 Å². The standard InChI is InChI=1S/C9H12O3S/c1-4-7-8(11-2)6(5-13-7)9(10)12-3/h5H,4H2,1-3H3. The van der Waals surface area contributed by atoms with Crippen molar-refractivity contribution in [2.45, 2.75) is 13.3 Å². The predicted octanol–water partition coefficient (Wildman–Crippen LogP) is 2.11. The van der Waals surface area contributed by atoms with E-state index in [4.69, 9.17) is 4.74 Å². The summed E-state index contributed by atoms with van der Waals surface area (Å²) in [5.41, 5.74) is 0.520. The molecule has 0 radical (unpaired) electrons. The molecule has 13 heavy (non-hydrogen) atoms. The fourth-order valence-corrected chi connectivity index (χ4v) is 2.04. The third kappa shape index (κ3) is 1.83. The van der Waals surface area contributed by atoms with E-state index in [1.165, 1.54) is 18.4 Å². The van der Waals surface area contributed by atoms with E-state index in [-0.39, 0.29) is 5.97 Å².